The van der Waals surface area contributed by atoms with Gasteiger partial charge in [-0.15, -0.1) is 0 Å². The smallest absolute Gasteiger partial charge is 0.194 e. The highest BCUT2D eigenvalue weighted by atomic mass is 19.1. The first kappa shape index (κ1) is 17.5. The van der Waals surface area contributed by atoms with Crippen LogP contribution in [0.3, 0.4) is 0 Å². The monoisotopic (exact) mass is 344 g/mol. The van der Waals surface area contributed by atoms with E-state index < -0.39 is 5.82 Å². The second kappa shape index (κ2) is 5.90. The summed E-state index contributed by atoms with van der Waals surface area (Å²) in [5, 5.41) is 10.4. The molecule has 25 heavy (non-hydrogen) atoms. The molecule has 0 unspecified atom stereocenters. The Morgan fingerprint density at radius 3 is 2.76 bits per heavy atom. The minimum absolute atomic E-state index is 0.0734. The van der Waals surface area contributed by atoms with Gasteiger partial charge >= 0.3 is 0 Å². The lowest BCUT2D eigenvalue weighted by molar-refractivity contribution is 0.457. The first-order valence-corrected chi connectivity index (χ1v) is 8.55. The largest absolute Gasteiger partial charge is 0.506 e. The van der Waals surface area contributed by atoms with Crippen LogP contribution in [-0.4, -0.2) is 16.6 Å². The SMILES string of the molecule is C=C(C)N1CC(C)(C)c2c(-c3coc(CC(C)C)n3)c(F)cc(O)c21. The minimum Gasteiger partial charge on any atom is -0.506 e. The average Bonchev–Trinajstić information content (AvgIpc) is 3.02. The van der Waals surface area contributed by atoms with Crippen LogP contribution in [0.2, 0.25) is 0 Å². The fourth-order valence-corrected chi connectivity index (χ4v) is 3.56. The van der Waals surface area contributed by atoms with Crippen molar-refractivity contribution in [3.63, 3.8) is 0 Å². The molecule has 2 aromatic rings. The van der Waals surface area contributed by atoms with Crippen LogP contribution in [0.4, 0.5) is 10.1 Å². The summed E-state index contributed by atoms with van der Waals surface area (Å²) in [5.41, 5.74) is 2.68. The number of allylic oxidation sites excluding steroid dienone is 1. The maximum Gasteiger partial charge on any atom is 0.194 e. The molecule has 5 heteroatoms. The van der Waals surface area contributed by atoms with Crippen LogP contribution in [0, 0.1) is 11.7 Å². The van der Waals surface area contributed by atoms with Crippen LogP contribution in [-0.2, 0) is 11.8 Å². The lowest BCUT2D eigenvalue weighted by atomic mass is 9.82. The van der Waals surface area contributed by atoms with E-state index in [0.29, 0.717) is 41.7 Å². The Kier molecular flexibility index (Phi) is 4.13. The third-order valence-electron chi connectivity index (χ3n) is 4.58. The molecular formula is C20H25FN2O2. The Morgan fingerprint density at radius 2 is 2.16 bits per heavy atom. The molecule has 0 radical (unpaired) electrons. The second-order valence-corrected chi connectivity index (χ2v) is 7.91. The van der Waals surface area contributed by atoms with Gasteiger partial charge in [-0.1, -0.05) is 34.3 Å². The predicted molar refractivity (Wildman–Crippen MR) is 97.3 cm³/mol. The van der Waals surface area contributed by atoms with Crippen LogP contribution < -0.4 is 4.90 Å². The van der Waals surface area contributed by atoms with Gasteiger partial charge in [0.05, 0.1) is 5.69 Å². The molecular weight excluding hydrogens is 319 g/mol. The fraction of sp³-hybridized carbons (Fsp3) is 0.450. The summed E-state index contributed by atoms with van der Waals surface area (Å²) < 4.78 is 20.4. The van der Waals surface area contributed by atoms with E-state index in [0.717, 1.165) is 17.3 Å². The van der Waals surface area contributed by atoms with Crippen LogP contribution in [0.15, 0.2) is 29.0 Å². The lowest BCUT2D eigenvalue weighted by Crippen LogP contribution is -2.27. The zero-order chi connectivity index (χ0) is 18.5. The van der Waals surface area contributed by atoms with Crippen molar-refractivity contribution < 1.29 is 13.9 Å². The minimum atomic E-state index is -0.489. The molecule has 0 amide bonds. The number of rotatable bonds is 4. The van der Waals surface area contributed by atoms with Crippen molar-refractivity contribution in [1.29, 1.82) is 0 Å². The number of hydrogen-bond acceptors (Lipinski definition) is 4. The molecule has 0 saturated heterocycles. The first-order chi connectivity index (χ1) is 11.6. The summed E-state index contributed by atoms with van der Waals surface area (Å²) in [5.74, 6) is 0.434. The van der Waals surface area contributed by atoms with Gasteiger partial charge in [0.1, 0.15) is 23.5 Å². The van der Waals surface area contributed by atoms with Gasteiger partial charge in [0.15, 0.2) is 5.89 Å². The van der Waals surface area contributed by atoms with E-state index in [1.54, 1.807) is 0 Å². The van der Waals surface area contributed by atoms with Crippen molar-refractivity contribution in [3.8, 4) is 17.0 Å². The molecule has 3 rings (SSSR count). The van der Waals surface area contributed by atoms with Crippen molar-refractivity contribution in [2.75, 3.05) is 11.4 Å². The third kappa shape index (κ3) is 2.92. The molecule has 2 heterocycles. The van der Waals surface area contributed by atoms with E-state index in [1.807, 2.05) is 25.7 Å². The number of phenols is 1. The summed E-state index contributed by atoms with van der Waals surface area (Å²) in [6.45, 7) is 14.7. The van der Waals surface area contributed by atoms with Gasteiger partial charge in [-0.2, -0.15) is 0 Å². The van der Waals surface area contributed by atoms with Crippen LogP contribution >= 0.6 is 0 Å². The molecule has 0 atom stereocenters. The number of hydrogen-bond donors (Lipinski definition) is 1. The highest BCUT2D eigenvalue weighted by molar-refractivity contribution is 5.83. The molecule has 0 aliphatic carbocycles. The van der Waals surface area contributed by atoms with Crippen molar-refractivity contribution in [2.45, 2.75) is 46.5 Å². The normalized spacial score (nSPS) is 15.7. The number of fused-ring (bicyclic) bond motifs is 1. The van der Waals surface area contributed by atoms with Crippen molar-refractivity contribution in [2.24, 2.45) is 5.92 Å². The summed E-state index contributed by atoms with van der Waals surface area (Å²) in [6.07, 6.45) is 2.20. The van der Waals surface area contributed by atoms with Gasteiger partial charge in [0, 0.05) is 35.7 Å². The number of aromatic hydroxyl groups is 1. The molecule has 134 valence electrons. The molecule has 4 nitrogen and oxygen atoms in total. The van der Waals surface area contributed by atoms with Gasteiger partial charge < -0.3 is 14.4 Å². The fourth-order valence-electron chi connectivity index (χ4n) is 3.56. The summed E-state index contributed by atoms with van der Waals surface area (Å²) in [4.78, 5) is 6.43. The van der Waals surface area contributed by atoms with Crippen molar-refractivity contribution >= 4 is 5.69 Å². The van der Waals surface area contributed by atoms with E-state index in [4.69, 9.17) is 4.42 Å². The molecule has 0 bridgehead atoms. The molecule has 0 saturated carbocycles. The topological polar surface area (TPSA) is 49.5 Å². The number of phenolic OH excluding ortho intramolecular Hbond substituents is 1. The van der Waals surface area contributed by atoms with Gasteiger partial charge in [0.25, 0.3) is 0 Å². The Balaban J connectivity index is 2.22. The van der Waals surface area contributed by atoms with Gasteiger partial charge in [-0.25, -0.2) is 9.37 Å². The summed E-state index contributed by atoms with van der Waals surface area (Å²) >= 11 is 0. The molecule has 0 fully saturated rings. The van der Waals surface area contributed by atoms with Gasteiger partial charge in [-0.05, 0) is 18.4 Å². The van der Waals surface area contributed by atoms with Crippen molar-refractivity contribution in [1.82, 2.24) is 4.98 Å². The number of oxazole rings is 1. The van der Waals surface area contributed by atoms with Crippen LogP contribution in [0.5, 0.6) is 5.75 Å². The Morgan fingerprint density at radius 1 is 1.48 bits per heavy atom. The Bertz CT molecular complexity index is 836. The maximum atomic E-state index is 14.9. The molecule has 1 aromatic heterocycles. The van der Waals surface area contributed by atoms with E-state index in [9.17, 15) is 9.50 Å². The Labute approximate surface area is 148 Å². The number of halogens is 1. The number of aromatic nitrogens is 1. The molecule has 0 spiro atoms. The van der Waals surface area contributed by atoms with E-state index in [1.165, 1.54) is 6.26 Å². The van der Waals surface area contributed by atoms with Gasteiger partial charge in [-0.3, -0.25) is 0 Å². The number of nitrogens with zero attached hydrogens (tertiary/aromatic N) is 2. The highest BCUT2D eigenvalue weighted by Crippen LogP contribution is 2.52. The molecule has 1 aliphatic rings. The highest BCUT2D eigenvalue weighted by Gasteiger charge is 2.41. The molecule has 1 N–H and O–H groups in total. The van der Waals surface area contributed by atoms with Crippen LogP contribution in [0.1, 0.15) is 46.1 Å². The summed E-state index contributed by atoms with van der Waals surface area (Å²) in [7, 11) is 0. The zero-order valence-electron chi connectivity index (χ0n) is 15.5. The number of anilines is 1. The lowest BCUT2D eigenvalue weighted by Gasteiger charge is -2.22. The quantitative estimate of drug-likeness (QED) is 0.846. The Hall–Kier alpha value is -2.30. The molecule has 1 aliphatic heterocycles. The standard InChI is InChI=1S/C20H25FN2O2/c1-11(2)7-16-22-14(9-25-16)17-13(21)8-15(24)19-18(17)20(5,6)10-23(19)12(3)4/h8-9,11,24H,3,7,10H2,1-2,4-6H3. The average molecular weight is 344 g/mol. The number of benzene rings is 1. The summed E-state index contributed by atoms with van der Waals surface area (Å²) in [6, 6.07) is 1.16. The zero-order valence-corrected chi connectivity index (χ0v) is 15.5. The van der Waals surface area contributed by atoms with E-state index >= 15 is 0 Å². The molecule has 1 aromatic carbocycles. The van der Waals surface area contributed by atoms with Crippen molar-refractivity contribution in [3.05, 3.63) is 41.9 Å². The van der Waals surface area contributed by atoms with Gasteiger partial charge in [0.2, 0.25) is 0 Å². The van der Waals surface area contributed by atoms with Crippen LogP contribution in [0.25, 0.3) is 11.3 Å². The third-order valence-corrected chi connectivity index (χ3v) is 4.58. The second-order valence-electron chi connectivity index (χ2n) is 7.91. The van der Waals surface area contributed by atoms with E-state index in [-0.39, 0.29) is 11.2 Å². The first-order valence-electron chi connectivity index (χ1n) is 8.55. The maximum absolute atomic E-state index is 14.9. The van der Waals surface area contributed by atoms with E-state index in [2.05, 4.69) is 25.4 Å². The predicted octanol–water partition coefficient (Wildman–Crippen LogP) is 5.02.